The minimum atomic E-state index is -3.41. The summed E-state index contributed by atoms with van der Waals surface area (Å²) in [5.41, 5.74) is 1.75. The minimum Gasteiger partial charge on any atom is -0.469 e. The Morgan fingerprint density at radius 1 is 1.13 bits per heavy atom. The van der Waals surface area contributed by atoms with Crippen molar-refractivity contribution >= 4 is 42.6 Å². The summed E-state index contributed by atoms with van der Waals surface area (Å²) < 4.78 is 53.4. The number of aliphatic hydroxyl groups is 1. The van der Waals surface area contributed by atoms with Crippen LogP contribution in [0.1, 0.15) is 63.9 Å². The third kappa shape index (κ3) is 8.89. The minimum absolute atomic E-state index is 0.0340. The number of hydrogen-bond acceptors (Lipinski definition) is 9. The molecule has 5 rings (SSSR count). The van der Waals surface area contributed by atoms with Crippen LogP contribution in [0.2, 0.25) is 0 Å². The maximum Gasteiger partial charge on any atom is 0.308 e. The van der Waals surface area contributed by atoms with Crippen LogP contribution in [0.5, 0.6) is 11.5 Å². The molecule has 0 aliphatic heterocycles. The van der Waals surface area contributed by atoms with E-state index in [-0.39, 0.29) is 29.1 Å². The van der Waals surface area contributed by atoms with Crippen LogP contribution in [-0.2, 0) is 38.3 Å². The fourth-order valence-electron chi connectivity index (χ4n) is 6.63. The zero-order valence-corrected chi connectivity index (χ0v) is 32.6. The van der Waals surface area contributed by atoms with Gasteiger partial charge in [-0.05, 0) is 70.8 Å². The molecule has 2 aromatic carbocycles. The van der Waals surface area contributed by atoms with Crippen molar-refractivity contribution in [3.05, 3.63) is 88.2 Å². The van der Waals surface area contributed by atoms with E-state index in [1.54, 1.807) is 36.3 Å². The molecule has 0 radical (unpaired) electrons. The Balaban J connectivity index is 1.48. The van der Waals surface area contributed by atoms with Crippen molar-refractivity contribution in [1.29, 1.82) is 0 Å². The van der Waals surface area contributed by atoms with Gasteiger partial charge in [0.15, 0.2) is 33.1 Å². The number of aromatic amines is 1. The van der Waals surface area contributed by atoms with Gasteiger partial charge in [0, 0.05) is 42.5 Å². The summed E-state index contributed by atoms with van der Waals surface area (Å²) >= 11 is 3.48. The number of halogens is 2. The van der Waals surface area contributed by atoms with Gasteiger partial charge in [0.2, 0.25) is 0 Å². The molecule has 0 spiro atoms. The molecule has 2 N–H and O–H groups in total. The largest absolute Gasteiger partial charge is 0.469 e. The zero-order valence-electron chi connectivity index (χ0n) is 30.2. The van der Waals surface area contributed by atoms with Crippen LogP contribution >= 0.6 is 15.9 Å². The monoisotopic (exact) mass is 797 g/mol. The average molecular weight is 799 g/mol. The normalized spacial score (nSPS) is 13.9. The molecule has 0 amide bonds. The zero-order chi connectivity index (χ0) is 37.8. The van der Waals surface area contributed by atoms with Crippen LogP contribution < -0.4 is 4.74 Å². The van der Waals surface area contributed by atoms with E-state index in [2.05, 4.69) is 38.9 Å². The Hall–Kier alpha value is -4.14. The molecule has 0 fully saturated rings. The number of carbonyl (C=O) groups excluding carboxylic acids is 1. The van der Waals surface area contributed by atoms with Crippen LogP contribution in [0, 0.1) is 17.2 Å². The van der Waals surface area contributed by atoms with E-state index >= 15 is 4.39 Å². The molecule has 0 aliphatic carbocycles. The highest BCUT2D eigenvalue weighted by Gasteiger charge is 2.36. The van der Waals surface area contributed by atoms with E-state index in [0.29, 0.717) is 58.8 Å². The lowest BCUT2D eigenvalue weighted by molar-refractivity contribution is -0.144. The molecule has 14 heteroatoms. The Bertz CT molecular complexity index is 2170. The summed E-state index contributed by atoms with van der Waals surface area (Å²) in [4.78, 5) is 24.8. The van der Waals surface area contributed by atoms with E-state index in [9.17, 15) is 18.3 Å². The van der Waals surface area contributed by atoms with Crippen LogP contribution in [-0.4, -0.2) is 69.4 Å². The van der Waals surface area contributed by atoms with Gasteiger partial charge in [0.25, 0.3) is 0 Å². The number of ether oxygens (including phenoxy) is 2. The number of pyridine rings is 1. The van der Waals surface area contributed by atoms with E-state index in [4.69, 9.17) is 19.6 Å². The van der Waals surface area contributed by atoms with E-state index in [0.717, 1.165) is 16.5 Å². The number of nitrogens with zero attached hydrogens (tertiary/aromatic N) is 4. The van der Waals surface area contributed by atoms with Crippen molar-refractivity contribution in [2.75, 3.05) is 25.2 Å². The van der Waals surface area contributed by atoms with Crippen LogP contribution in [0.3, 0.4) is 0 Å². The van der Waals surface area contributed by atoms with Crippen LogP contribution in [0.4, 0.5) is 4.39 Å². The predicted molar refractivity (Wildman–Crippen MR) is 201 cm³/mol. The number of carbonyl (C=O) groups is 1. The highest BCUT2D eigenvalue weighted by molar-refractivity contribution is 9.10. The second-order valence-electron chi connectivity index (χ2n) is 14.3. The highest BCUT2D eigenvalue weighted by atomic mass is 79.9. The number of hydrogen-bond donors (Lipinski definition) is 2. The van der Waals surface area contributed by atoms with Crippen molar-refractivity contribution in [2.24, 2.45) is 18.4 Å². The molecule has 3 aromatic heterocycles. The third-order valence-electron chi connectivity index (χ3n) is 9.39. The Kier molecular flexibility index (Phi) is 11.9. The first kappa shape index (κ1) is 39.1. The second kappa shape index (κ2) is 15.8. The number of aryl methyl sites for hydroxylation is 1. The van der Waals surface area contributed by atoms with Crippen molar-refractivity contribution in [2.45, 2.75) is 58.8 Å². The van der Waals surface area contributed by atoms with E-state index in [1.165, 1.54) is 13.2 Å². The van der Waals surface area contributed by atoms with Gasteiger partial charge < -0.3 is 19.6 Å². The quantitative estimate of drug-likeness (QED) is 0.0981. The molecule has 278 valence electrons. The van der Waals surface area contributed by atoms with Gasteiger partial charge in [-0.15, -0.1) is 0 Å². The predicted octanol–water partition coefficient (Wildman–Crippen LogP) is 7.31. The molecule has 0 saturated carbocycles. The van der Waals surface area contributed by atoms with Gasteiger partial charge >= 0.3 is 5.97 Å². The van der Waals surface area contributed by atoms with Gasteiger partial charge in [0.05, 0.1) is 41.0 Å². The topological polar surface area (TPSA) is 149 Å². The number of sulfone groups is 1. The van der Waals surface area contributed by atoms with Gasteiger partial charge in [-0.2, -0.15) is 5.10 Å². The Labute approximate surface area is 312 Å². The molecule has 2 atom stereocenters. The molecule has 11 nitrogen and oxygen atoms in total. The maximum atomic E-state index is 15.1. The summed E-state index contributed by atoms with van der Waals surface area (Å²) in [6, 6.07) is 14.5. The van der Waals surface area contributed by atoms with Crippen molar-refractivity contribution in [1.82, 2.24) is 24.7 Å². The smallest absolute Gasteiger partial charge is 0.308 e. The van der Waals surface area contributed by atoms with Crippen LogP contribution in [0.25, 0.3) is 22.4 Å². The molecule has 5 aromatic rings. The Morgan fingerprint density at radius 3 is 2.63 bits per heavy atom. The number of nitrogens with one attached hydrogen (secondary N) is 1. The lowest BCUT2D eigenvalue weighted by Crippen LogP contribution is -2.29. The SMILES string of the molecule is COC(=O)[C@H](C)Cc1cccc([C@@](C)(CCCC(C)(C)CS(=O)(=O)CCO)c2nc(-c3cc(Oc4c(F)cc5[nH]ccc5c4Br)ccn3)n(C)n2)c1. The molecule has 0 unspecified atom stereocenters. The van der Waals surface area contributed by atoms with Crippen molar-refractivity contribution < 1.29 is 32.2 Å². The van der Waals surface area contributed by atoms with Gasteiger partial charge in [-0.1, -0.05) is 51.5 Å². The molecule has 52 heavy (non-hydrogen) atoms. The van der Waals surface area contributed by atoms with Crippen LogP contribution in [0.15, 0.2) is 65.4 Å². The first-order valence-corrected chi connectivity index (χ1v) is 19.7. The lowest BCUT2D eigenvalue weighted by atomic mass is 9.75. The number of benzene rings is 2. The van der Waals surface area contributed by atoms with E-state index in [1.807, 2.05) is 45.0 Å². The Morgan fingerprint density at radius 2 is 1.90 bits per heavy atom. The average Bonchev–Trinajstić information content (AvgIpc) is 3.72. The van der Waals surface area contributed by atoms with Crippen molar-refractivity contribution in [3.8, 4) is 23.0 Å². The summed E-state index contributed by atoms with van der Waals surface area (Å²) in [5.74, 6) is -0.0509. The molecule has 0 aliphatic rings. The van der Waals surface area contributed by atoms with Gasteiger partial charge in [-0.3, -0.25) is 9.78 Å². The summed E-state index contributed by atoms with van der Waals surface area (Å²) in [6.07, 6.45) is 5.62. The van der Waals surface area contributed by atoms with Gasteiger partial charge in [-0.25, -0.2) is 22.5 Å². The maximum absolute atomic E-state index is 15.1. The third-order valence-corrected chi connectivity index (χ3v) is 12.2. The first-order chi connectivity index (χ1) is 24.6. The standard InChI is InChI=1S/C38H45BrFN5O6S/c1-24(35(47)50-6)19-25-9-7-10-26(20-25)38(4,14-8-13-37(2,3)23-52(48,49)18-17-46)36-43-34(45(5)44-36)31-21-27(11-15-42-31)51-33-29(40)22-30-28(32(33)39)12-16-41-30/h7,9-12,15-16,20-22,24,41,46H,8,13-14,17-19,23H2,1-6H3/t24-,38-/m1/s1. The van der Waals surface area contributed by atoms with E-state index < -0.39 is 33.1 Å². The number of methoxy groups -OCH3 is 1. The van der Waals surface area contributed by atoms with Gasteiger partial charge in [0.1, 0.15) is 11.4 Å². The fraction of sp³-hybridized carbons (Fsp3) is 0.421. The number of rotatable bonds is 16. The number of esters is 1. The first-order valence-electron chi connectivity index (χ1n) is 17.1. The molecule has 0 saturated heterocycles. The number of aliphatic hydroxyl groups excluding tert-OH is 1. The van der Waals surface area contributed by atoms with Crippen molar-refractivity contribution in [3.63, 3.8) is 0 Å². The number of fused-ring (bicyclic) bond motifs is 1. The molecular weight excluding hydrogens is 753 g/mol. The molecule has 0 bridgehead atoms. The summed E-state index contributed by atoms with van der Waals surface area (Å²) in [7, 11) is -0.255. The number of H-pyrrole nitrogens is 1. The number of aromatic nitrogens is 5. The fourth-order valence-corrected chi connectivity index (χ4v) is 9.00. The summed E-state index contributed by atoms with van der Waals surface area (Å²) in [6.45, 7) is 7.33. The summed E-state index contributed by atoms with van der Waals surface area (Å²) in [5, 5.41) is 14.9. The molecule has 3 heterocycles. The lowest BCUT2D eigenvalue weighted by Gasteiger charge is -2.30. The highest BCUT2D eigenvalue weighted by Crippen LogP contribution is 2.40. The second-order valence-corrected chi connectivity index (χ2v) is 17.3. The molecular formula is C38H45BrFN5O6S.